The second-order valence-corrected chi connectivity index (χ2v) is 4.38. The Morgan fingerprint density at radius 2 is 2.17 bits per heavy atom. The number of anilines is 1. The SMILES string of the molecule is Cc1cc(=O)n2c(n1)NN=C(N1CCOCC1)C2. The summed E-state index contributed by atoms with van der Waals surface area (Å²) >= 11 is 0. The second kappa shape index (κ2) is 4.41. The van der Waals surface area contributed by atoms with Crippen LogP contribution >= 0.6 is 0 Å². The van der Waals surface area contributed by atoms with Crippen molar-refractivity contribution in [1.29, 1.82) is 0 Å². The number of aryl methyl sites for hydroxylation is 1. The monoisotopic (exact) mass is 249 g/mol. The summed E-state index contributed by atoms with van der Waals surface area (Å²) in [5, 5.41) is 4.29. The zero-order chi connectivity index (χ0) is 12.5. The number of fused-ring (bicyclic) bond motifs is 1. The molecular weight excluding hydrogens is 234 g/mol. The van der Waals surface area contributed by atoms with Gasteiger partial charge in [0.1, 0.15) is 5.84 Å². The fraction of sp³-hybridized carbons (Fsp3) is 0.545. The molecule has 2 aliphatic heterocycles. The quantitative estimate of drug-likeness (QED) is 0.679. The maximum absolute atomic E-state index is 11.9. The number of hydrogen-bond acceptors (Lipinski definition) is 6. The average molecular weight is 249 g/mol. The first-order valence-electron chi connectivity index (χ1n) is 5.98. The van der Waals surface area contributed by atoms with Gasteiger partial charge in [0, 0.05) is 24.8 Å². The van der Waals surface area contributed by atoms with Crippen molar-refractivity contribution in [2.45, 2.75) is 13.5 Å². The highest BCUT2D eigenvalue weighted by Gasteiger charge is 2.21. The summed E-state index contributed by atoms with van der Waals surface area (Å²) in [4.78, 5) is 18.3. The topological polar surface area (TPSA) is 71.8 Å². The van der Waals surface area contributed by atoms with Crippen LogP contribution in [0.15, 0.2) is 16.0 Å². The molecular formula is C11H15N5O2. The Hall–Kier alpha value is -1.89. The molecule has 0 saturated carbocycles. The summed E-state index contributed by atoms with van der Waals surface area (Å²) in [6, 6.07) is 1.54. The third-order valence-corrected chi connectivity index (χ3v) is 3.10. The molecule has 1 N–H and O–H groups in total. The molecule has 0 radical (unpaired) electrons. The molecule has 0 aromatic carbocycles. The largest absolute Gasteiger partial charge is 0.378 e. The van der Waals surface area contributed by atoms with E-state index in [1.807, 2.05) is 0 Å². The van der Waals surface area contributed by atoms with Gasteiger partial charge in [-0.25, -0.2) is 10.4 Å². The van der Waals surface area contributed by atoms with E-state index in [1.54, 1.807) is 11.5 Å². The van der Waals surface area contributed by atoms with Gasteiger partial charge in [0.05, 0.1) is 19.8 Å². The summed E-state index contributed by atoms with van der Waals surface area (Å²) in [6.07, 6.45) is 0. The Balaban J connectivity index is 1.87. The molecule has 1 fully saturated rings. The molecule has 7 heteroatoms. The van der Waals surface area contributed by atoms with Gasteiger partial charge in [-0.15, -0.1) is 0 Å². The Labute approximate surface area is 104 Å². The summed E-state index contributed by atoms with van der Waals surface area (Å²) in [6.45, 7) is 5.28. The molecule has 0 atom stereocenters. The number of aromatic nitrogens is 2. The Bertz CT molecular complexity index is 545. The highest BCUT2D eigenvalue weighted by molar-refractivity contribution is 5.84. The van der Waals surface area contributed by atoms with Crippen molar-refractivity contribution in [1.82, 2.24) is 14.5 Å². The van der Waals surface area contributed by atoms with Crippen LogP contribution in [0, 0.1) is 6.92 Å². The van der Waals surface area contributed by atoms with Gasteiger partial charge in [0.15, 0.2) is 0 Å². The van der Waals surface area contributed by atoms with Crippen molar-refractivity contribution < 1.29 is 4.74 Å². The highest BCUT2D eigenvalue weighted by Crippen LogP contribution is 2.10. The lowest BCUT2D eigenvalue weighted by Crippen LogP contribution is -2.45. The van der Waals surface area contributed by atoms with Gasteiger partial charge in [0.25, 0.3) is 5.56 Å². The third-order valence-electron chi connectivity index (χ3n) is 3.10. The lowest BCUT2D eigenvalue weighted by atomic mass is 10.3. The normalized spacial score (nSPS) is 18.9. The Kier molecular flexibility index (Phi) is 2.75. The van der Waals surface area contributed by atoms with Crippen LogP contribution in [0.5, 0.6) is 0 Å². The highest BCUT2D eigenvalue weighted by atomic mass is 16.5. The molecule has 7 nitrogen and oxygen atoms in total. The van der Waals surface area contributed by atoms with E-state index in [2.05, 4.69) is 20.4 Å². The van der Waals surface area contributed by atoms with Crippen LogP contribution in [0.25, 0.3) is 0 Å². The van der Waals surface area contributed by atoms with E-state index in [0.29, 0.717) is 31.4 Å². The van der Waals surface area contributed by atoms with E-state index in [0.717, 1.165) is 18.9 Å². The van der Waals surface area contributed by atoms with Crippen molar-refractivity contribution >= 4 is 11.8 Å². The molecule has 96 valence electrons. The van der Waals surface area contributed by atoms with Crippen molar-refractivity contribution in [3.05, 3.63) is 22.1 Å². The molecule has 0 aliphatic carbocycles. The zero-order valence-corrected chi connectivity index (χ0v) is 10.2. The molecule has 1 aromatic heterocycles. The van der Waals surface area contributed by atoms with Crippen LogP contribution < -0.4 is 11.0 Å². The average Bonchev–Trinajstić information content (AvgIpc) is 2.39. The van der Waals surface area contributed by atoms with Crippen molar-refractivity contribution in [3.63, 3.8) is 0 Å². The van der Waals surface area contributed by atoms with E-state index >= 15 is 0 Å². The minimum absolute atomic E-state index is 0.0503. The van der Waals surface area contributed by atoms with Crippen molar-refractivity contribution in [2.24, 2.45) is 5.10 Å². The van der Waals surface area contributed by atoms with E-state index in [-0.39, 0.29) is 5.56 Å². The van der Waals surface area contributed by atoms with Crippen LogP contribution in [-0.2, 0) is 11.3 Å². The molecule has 0 amide bonds. The summed E-state index contributed by atoms with van der Waals surface area (Å²) in [5.41, 5.74) is 3.50. The molecule has 0 unspecified atom stereocenters. The molecule has 1 saturated heterocycles. The molecule has 0 spiro atoms. The maximum Gasteiger partial charge on any atom is 0.255 e. The Morgan fingerprint density at radius 1 is 1.39 bits per heavy atom. The molecule has 3 rings (SSSR count). The number of rotatable bonds is 0. The van der Waals surface area contributed by atoms with Gasteiger partial charge in [-0.3, -0.25) is 9.36 Å². The standard InChI is InChI=1S/C11H15N5O2/c1-8-6-10(17)16-7-9(13-14-11(16)12-8)15-2-4-18-5-3-15/h6H,2-5,7H2,1H3,(H,12,14). The van der Waals surface area contributed by atoms with E-state index < -0.39 is 0 Å². The van der Waals surface area contributed by atoms with Crippen LogP contribution in [0.2, 0.25) is 0 Å². The minimum atomic E-state index is -0.0503. The molecule has 2 aliphatic rings. The predicted octanol–water partition coefficient (Wildman–Crippen LogP) is -0.377. The van der Waals surface area contributed by atoms with E-state index in [1.165, 1.54) is 6.07 Å². The number of amidine groups is 1. The van der Waals surface area contributed by atoms with Crippen LogP contribution in [0.4, 0.5) is 5.95 Å². The fourth-order valence-electron chi connectivity index (χ4n) is 2.14. The number of nitrogens with one attached hydrogen (secondary N) is 1. The summed E-state index contributed by atoms with van der Waals surface area (Å²) in [7, 11) is 0. The molecule has 18 heavy (non-hydrogen) atoms. The van der Waals surface area contributed by atoms with Crippen molar-refractivity contribution in [3.8, 4) is 0 Å². The van der Waals surface area contributed by atoms with Crippen molar-refractivity contribution in [2.75, 3.05) is 31.7 Å². The van der Waals surface area contributed by atoms with E-state index in [9.17, 15) is 4.79 Å². The first kappa shape index (κ1) is 11.2. The van der Waals surface area contributed by atoms with Crippen LogP contribution in [0.3, 0.4) is 0 Å². The molecule has 1 aromatic rings. The lowest BCUT2D eigenvalue weighted by Gasteiger charge is -2.31. The fourth-order valence-corrected chi connectivity index (χ4v) is 2.14. The number of ether oxygens (including phenoxy) is 1. The van der Waals surface area contributed by atoms with Gasteiger partial charge in [-0.1, -0.05) is 0 Å². The zero-order valence-electron chi connectivity index (χ0n) is 10.2. The first-order chi connectivity index (χ1) is 8.74. The number of morpholine rings is 1. The smallest absolute Gasteiger partial charge is 0.255 e. The predicted molar refractivity (Wildman–Crippen MR) is 66.7 cm³/mol. The third kappa shape index (κ3) is 1.97. The number of hydrogen-bond donors (Lipinski definition) is 1. The first-order valence-corrected chi connectivity index (χ1v) is 5.98. The molecule has 3 heterocycles. The van der Waals surface area contributed by atoms with Gasteiger partial charge in [-0.2, -0.15) is 5.10 Å². The van der Waals surface area contributed by atoms with E-state index in [4.69, 9.17) is 4.74 Å². The molecule has 0 bridgehead atoms. The second-order valence-electron chi connectivity index (χ2n) is 4.38. The lowest BCUT2D eigenvalue weighted by molar-refractivity contribution is 0.0668. The van der Waals surface area contributed by atoms with Gasteiger partial charge in [-0.05, 0) is 6.92 Å². The van der Waals surface area contributed by atoms with Gasteiger partial charge in [0.2, 0.25) is 5.95 Å². The minimum Gasteiger partial charge on any atom is -0.378 e. The van der Waals surface area contributed by atoms with Crippen LogP contribution in [0.1, 0.15) is 5.69 Å². The number of hydrazone groups is 1. The summed E-state index contributed by atoms with van der Waals surface area (Å²) < 4.78 is 6.90. The maximum atomic E-state index is 11.9. The summed E-state index contributed by atoms with van der Waals surface area (Å²) in [5.74, 6) is 1.37. The number of nitrogens with zero attached hydrogens (tertiary/aromatic N) is 4. The van der Waals surface area contributed by atoms with Crippen LogP contribution in [-0.4, -0.2) is 46.6 Å². The van der Waals surface area contributed by atoms with Gasteiger partial charge >= 0.3 is 0 Å². The van der Waals surface area contributed by atoms with Gasteiger partial charge < -0.3 is 9.64 Å². The Morgan fingerprint density at radius 3 is 2.94 bits per heavy atom.